The normalized spacial score (nSPS) is 22.0. The Bertz CT molecular complexity index is 1340. The van der Waals surface area contributed by atoms with Gasteiger partial charge in [0.2, 0.25) is 0 Å². The van der Waals surface area contributed by atoms with Crippen molar-refractivity contribution in [2.45, 2.75) is 116 Å². The van der Waals surface area contributed by atoms with E-state index in [2.05, 4.69) is 43.8 Å². The highest BCUT2D eigenvalue weighted by Crippen LogP contribution is 2.46. The van der Waals surface area contributed by atoms with E-state index in [1.807, 2.05) is 12.1 Å². The number of nitrogens with one attached hydrogen (secondary N) is 1. The van der Waals surface area contributed by atoms with Crippen molar-refractivity contribution < 1.29 is 19.0 Å². The van der Waals surface area contributed by atoms with Crippen LogP contribution >= 0.6 is 0 Å². The van der Waals surface area contributed by atoms with Crippen molar-refractivity contribution in [1.82, 2.24) is 0 Å². The summed E-state index contributed by atoms with van der Waals surface area (Å²) in [6.07, 6.45) is 21.5. The van der Waals surface area contributed by atoms with Crippen molar-refractivity contribution in [3.8, 4) is 11.5 Å². The molecule has 3 aliphatic rings. The summed E-state index contributed by atoms with van der Waals surface area (Å²) >= 11 is 0. The Morgan fingerprint density at radius 2 is 1.58 bits per heavy atom. The van der Waals surface area contributed by atoms with Crippen LogP contribution in [-0.2, 0) is 9.53 Å². The summed E-state index contributed by atoms with van der Waals surface area (Å²) in [6, 6.07) is 14.8. The third kappa shape index (κ3) is 11.0. The second-order valence-corrected chi connectivity index (χ2v) is 14.2. The van der Waals surface area contributed by atoms with Gasteiger partial charge in [-0.1, -0.05) is 50.1 Å². The van der Waals surface area contributed by atoms with E-state index in [0.717, 1.165) is 86.6 Å². The molecule has 3 fully saturated rings. The van der Waals surface area contributed by atoms with E-state index < -0.39 is 0 Å². The molecule has 260 valence electrons. The molecule has 0 heterocycles. The van der Waals surface area contributed by atoms with Gasteiger partial charge in [0.25, 0.3) is 0 Å². The lowest BCUT2D eigenvalue weighted by Crippen LogP contribution is -2.21. The number of rotatable bonds is 19. The fraction of sp³-hybridized carbons (Fsp3) is 0.571. The molecule has 6 nitrogen and oxygen atoms in total. The van der Waals surface area contributed by atoms with Crippen LogP contribution < -0.4 is 9.47 Å². The van der Waals surface area contributed by atoms with E-state index in [-0.39, 0.29) is 5.97 Å². The fourth-order valence-electron chi connectivity index (χ4n) is 7.58. The average Bonchev–Trinajstić information content (AvgIpc) is 3.97. The van der Waals surface area contributed by atoms with Gasteiger partial charge in [0.05, 0.1) is 19.8 Å². The molecule has 48 heavy (non-hydrogen) atoms. The summed E-state index contributed by atoms with van der Waals surface area (Å²) in [5.74, 6) is 4.00. The summed E-state index contributed by atoms with van der Waals surface area (Å²) in [7, 11) is 0. The van der Waals surface area contributed by atoms with Crippen molar-refractivity contribution in [3.63, 3.8) is 0 Å². The molecule has 0 radical (unpaired) electrons. The molecule has 0 amide bonds. The Kier molecular flexibility index (Phi) is 14.0. The zero-order valence-electron chi connectivity index (χ0n) is 29.2. The molecule has 0 atom stereocenters. The molecule has 0 unspecified atom stereocenters. The molecule has 6 heteroatoms. The van der Waals surface area contributed by atoms with E-state index in [9.17, 15) is 4.79 Å². The number of benzene rings is 2. The van der Waals surface area contributed by atoms with Crippen LogP contribution in [0.5, 0.6) is 11.5 Å². The van der Waals surface area contributed by atoms with Gasteiger partial charge < -0.3 is 24.9 Å². The molecule has 3 aliphatic carbocycles. The summed E-state index contributed by atoms with van der Waals surface area (Å²) in [6.45, 7) is 7.56. The highest BCUT2D eigenvalue weighted by atomic mass is 16.5. The SMILES string of the molecule is C=CC(=O)OCCCCCCOc1ccc([N-]C(=C2CC2)C2CCC(COc3ccc(C4CCC(CCC)CC4)cc3C=N)CC2)cc1. The maximum Gasteiger partial charge on any atom is 0.330 e. The summed E-state index contributed by atoms with van der Waals surface area (Å²) in [4.78, 5) is 11.1. The minimum Gasteiger partial charge on any atom is -0.661 e. The zero-order chi connectivity index (χ0) is 33.6. The molecule has 5 rings (SSSR count). The molecule has 1 N–H and O–H groups in total. The topological polar surface area (TPSA) is 82.7 Å². The van der Waals surface area contributed by atoms with Crippen molar-refractivity contribution in [2.24, 2.45) is 17.8 Å². The lowest BCUT2D eigenvalue weighted by atomic mass is 9.77. The van der Waals surface area contributed by atoms with Crippen LogP contribution in [-0.4, -0.2) is 32.0 Å². The third-order valence-corrected chi connectivity index (χ3v) is 10.6. The first-order valence-electron chi connectivity index (χ1n) is 18.8. The molecule has 2 aromatic carbocycles. The van der Waals surface area contributed by atoms with Gasteiger partial charge in [-0.25, -0.2) is 4.79 Å². The quantitative estimate of drug-likeness (QED) is 0.0708. The Balaban J connectivity index is 1.01. The van der Waals surface area contributed by atoms with Crippen LogP contribution in [0.2, 0.25) is 0 Å². The van der Waals surface area contributed by atoms with Crippen molar-refractivity contribution >= 4 is 17.9 Å². The Morgan fingerprint density at radius 3 is 2.25 bits per heavy atom. The number of carbonyl (C=O) groups is 1. The minimum atomic E-state index is -0.354. The average molecular weight is 654 g/mol. The van der Waals surface area contributed by atoms with Crippen LogP contribution in [0, 0.1) is 23.2 Å². The van der Waals surface area contributed by atoms with Gasteiger partial charge in [0.15, 0.2) is 0 Å². The first-order chi connectivity index (χ1) is 23.6. The number of ether oxygens (including phenoxy) is 3. The molecule has 0 spiro atoms. The van der Waals surface area contributed by atoms with Gasteiger partial charge >= 0.3 is 5.97 Å². The van der Waals surface area contributed by atoms with Crippen molar-refractivity contribution in [2.75, 3.05) is 19.8 Å². The van der Waals surface area contributed by atoms with Crippen LogP contribution in [0.4, 0.5) is 5.69 Å². The summed E-state index contributed by atoms with van der Waals surface area (Å²) in [5, 5.41) is 13.2. The lowest BCUT2D eigenvalue weighted by Gasteiger charge is -2.38. The van der Waals surface area contributed by atoms with Crippen molar-refractivity contribution in [3.05, 3.63) is 82.8 Å². The Labute approximate surface area is 289 Å². The lowest BCUT2D eigenvalue weighted by molar-refractivity contribution is -0.137. The molecular weight excluding hydrogens is 596 g/mol. The maximum atomic E-state index is 11.1. The van der Waals surface area contributed by atoms with Crippen molar-refractivity contribution in [1.29, 1.82) is 5.41 Å². The minimum absolute atomic E-state index is 0.354. The van der Waals surface area contributed by atoms with Gasteiger partial charge in [0, 0.05) is 17.9 Å². The summed E-state index contributed by atoms with van der Waals surface area (Å²) < 4.78 is 17.3. The molecule has 2 aromatic rings. The monoisotopic (exact) mass is 653 g/mol. The molecule has 3 saturated carbocycles. The van der Waals surface area contributed by atoms with Crippen LogP contribution in [0.3, 0.4) is 0 Å². The van der Waals surface area contributed by atoms with Crippen LogP contribution in [0.1, 0.15) is 127 Å². The molecule has 0 bridgehead atoms. The second-order valence-electron chi connectivity index (χ2n) is 14.2. The van der Waals surface area contributed by atoms with E-state index in [4.69, 9.17) is 24.9 Å². The maximum absolute atomic E-state index is 11.1. The number of carbonyl (C=O) groups excluding carboxylic acids is 1. The van der Waals surface area contributed by atoms with E-state index in [0.29, 0.717) is 31.0 Å². The predicted octanol–water partition coefficient (Wildman–Crippen LogP) is 11.4. The third-order valence-electron chi connectivity index (χ3n) is 10.6. The first-order valence-corrected chi connectivity index (χ1v) is 18.8. The van der Waals surface area contributed by atoms with E-state index in [1.54, 1.807) is 0 Å². The smallest absolute Gasteiger partial charge is 0.330 e. The number of hydrogen-bond donors (Lipinski definition) is 1. The van der Waals surface area contributed by atoms with E-state index >= 15 is 0 Å². The highest BCUT2D eigenvalue weighted by Gasteiger charge is 2.26. The van der Waals surface area contributed by atoms with Gasteiger partial charge in [0.1, 0.15) is 11.5 Å². The number of hydrogen-bond acceptors (Lipinski definition) is 5. The molecule has 0 aliphatic heterocycles. The largest absolute Gasteiger partial charge is 0.661 e. The van der Waals surface area contributed by atoms with Gasteiger partial charge in [-0.15, -0.1) is 5.69 Å². The van der Waals surface area contributed by atoms with E-state index in [1.165, 1.54) is 80.5 Å². The molecule has 0 aromatic heterocycles. The first kappa shape index (κ1) is 35.8. The van der Waals surface area contributed by atoms with Gasteiger partial charge in [-0.3, -0.25) is 0 Å². The van der Waals surface area contributed by atoms with Crippen LogP contribution in [0.25, 0.3) is 5.32 Å². The molecular formula is C42H57N2O4-. The zero-order valence-corrected chi connectivity index (χ0v) is 29.2. The second kappa shape index (κ2) is 18.9. The predicted molar refractivity (Wildman–Crippen MR) is 196 cm³/mol. The van der Waals surface area contributed by atoms with Crippen LogP contribution in [0.15, 0.2) is 66.4 Å². The standard InChI is InChI=1S/C42H57N2O4/c1-3-9-31-10-14-33(15-11-31)36-20-25-40(37(28-36)29-43)48-30-32-12-16-34(17-13-32)42(35-18-19-35)44-38-21-23-39(24-22-38)46-26-7-5-6-8-27-47-41(45)4-2/h4,20-25,28-29,31-34,43H,2-3,5-19,26-27,30H2,1H3/q-1. The van der Waals surface area contributed by atoms with Gasteiger partial charge in [-0.05, 0) is 143 Å². The molecule has 0 saturated heterocycles. The number of unbranched alkanes of at least 4 members (excludes halogenated alkanes) is 3. The summed E-state index contributed by atoms with van der Waals surface area (Å²) in [5.41, 5.74) is 6.18. The number of allylic oxidation sites excluding steroid dienone is 2. The Morgan fingerprint density at radius 1 is 0.875 bits per heavy atom. The van der Waals surface area contributed by atoms with Gasteiger partial charge in [-0.2, -0.15) is 5.70 Å². The fourth-order valence-corrected chi connectivity index (χ4v) is 7.58. The highest BCUT2D eigenvalue weighted by molar-refractivity contribution is 5.81. The number of nitrogens with zero attached hydrogens (tertiary/aromatic N) is 1. The Hall–Kier alpha value is -3.54. The number of esters is 1.